The Morgan fingerprint density at radius 2 is 1.69 bits per heavy atom. The third-order valence-electron chi connectivity index (χ3n) is 5.90. The molecule has 1 unspecified atom stereocenters. The lowest BCUT2D eigenvalue weighted by Crippen LogP contribution is -2.31. The Morgan fingerprint density at radius 1 is 1.00 bits per heavy atom. The van der Waals surface area contributed by atoms with Gasteiger partial charge < -0.3 is 20.5 Å². The number of para-hydroxylation sites is 1. The van der Waals surface area contributed by atoms with E-state index in [2.05, 4.69) is 10.6 Å². The molecular formula is C28H31N3O5. The summed E-state index contributed by atoms with van der Waals surface area (Å²) in [6, 6.07) is 19.6. The Labute approximate surface area is 210 Å². The first kappa shape index (κ1) is 26.3. The number of amides is 3. The average Bonchev–Trinajstić information content (AvgIpc) is 2.84. The molecule has 0 aliphatic carbocycles. The van der Waals surface area contributed by atoms with E-state index in [1.807, 2.05) is 50.2 Å². The van der Waals surface area contributed by atoms with E-state index in [-0.39, 0.29) is 30.7 Å². The summed E-state index contributed by atoms with van der Waals surface area (Å²) in [5.41, 5.74) is 4.52. The van der Waals surface area contributed by atoms with Crippen LogP contribution in [0.1, 0.15) is 36.0 Å². The molecule has 3 N–H and O–H groups in total. The van der Waals surface area contributed by atoms with Crippen molar-refractivity contribution in [3.8, 4) is 5.75 Å². The number of ether oxygens (including phenoxy) is 1. The van der Waals surface area contributed by atoms with Gasteiger partial charge in [0.15, 0.2) is 0 Å². The Kier molecular flexibility index (Phi) is 8.67. The molecule has 36 heavy (non-hydrogen) atoms. The number of rotatable bonds is 9. The van der Waals surface area contributed by atoms with Crippen molar-refractivity contribution in [2.75, 3.05) is 29.7 Å². The first-order chi connectivity index (χ1) is 17.2. The van der Waals surface area contributed by atoms with Crippen LogP contribution in [0.15, 0.2) is 66.7 Å². The van der Waals surface area contributed by atoms with E-state index in [0.717, 1.165) is 22.4 Å². The van der Waals surface area contributed by atoms with Crippen molar-refractivity contribution in [1.82, 2.24) is 0 Å². The molecule has 0 fully saturated rings. The van der Waals surface area contributed by atoms with Crippen molar-refractivity contribution in [1.29, 1.82) is 0 Å². The number of carboxylic acids is 1. The number of carboxylic acid groups (broad SMARTS) is 1. The largest absolute Gasteiger partial charge is 0.495 e. The monoisotopic (exact) mass is 489 g/mol. The standard InChI is InChI=1S/C28H31N3O5/c1-18-7-5-6-8-24(18)31(3)28(35)30-23-14-9-20(16-25(23)36-4)17-26(32)29-22-12-10-21(11-13-22)19(2)15-27(33)34/h5-14,16,19H,15,17H2,1-4H3,(H,29,32)(H,30,35)(H,33,34). The summed E-state index contributed by atoms with van der Waals surface area (Å²) in [4.78, 5) is 37.8. The summed E-state index contributed by atoms with van der Waals surface area (Å²) in [6.07, 6.45) is 0.164. The van der Waals surface area contributed by atoms with E-state index in [1.165, 1.54) is 12.0 Å². The Bertz CT molecular complexity index is 1240. The summed E-state index contributed by atoms with van der Waals surface area (Å²) >= 11 is 0. The molecule has 3 aromatic rings. The maximum absolute atomic E-state index is 12.8. The molecule has 0 bridgehead atoms. The zero-order valence-corrected chi connectivity index (χ0v) is 20.9. The van der Waals surface area contributed by atoms with Crippen LogP contribution in [0.5, 0.6) is 5.75 Å². The van der Waals surface area contributed by atoms with Crippen LogP contribution in [-0.4, -0.2) is 37.2 Å². The van der Waals surface area contributed by atoms with Crippen LogP contribution in [-0.2, 0) is 16.0 Å². The number of hydrogen-bond acceptors (Lipinski definition) is 4. The zero-order valence-electron chi connectivity index (χ0n) is 20.9. The van der Waals surface area contributed by atoms with Gasteiger partial charge in [-0.3, -0.25) is 14.5 Å². The Hall–Kier alpha value is -4.33. The minimum atomic E-state index is -0.848. The molecule has 0 saturated heterocycles. The number of hydrogen-bond donors (Lipinski definition) is 3. The van der Waals surface area contributed by atoms with Gasteiger partial charge in [0.1, 0.15) is 5.75 Å². The molecule has 3 amide bonds. The number of benzene rings is 3. The van der Waals surface area contributed by atoms with Gasteiger partial charge in [0, 0.05) is 18.4 Å². The number of nitrogens with zero attached hydrogens (tertiary/aromatic N) is 1. The van der Waals surface area contributed by atoms with E-state index in [4.69, 9.17) is 9.84 Å². The summed E-state index contributed by atoms with van der Waals surface area (Å²) in [5, 5.41) is 14.7. The highest BCUT2D eigenvalue weighted by Crippen LogP contribution is 2.28. The molecule has 0 radical (unpaired) electrons. The second-order valence-corrected chi connectivity index (χ2v) is 8.66. The van der Waals surface area contributed by atoms with Crippen molar-refractivity contribution in [2.45, 2.75) is 32.6 Å². The van der Waals surface area contributed by atoms with Crippen LogP contribution in [0.3, 0.4) is 0 Å². The van der Waals surface area contributed by atoms with Gasteiger partial charge in [-0.2, -0.15) is 0 Å². The molecule has 0 aliphatic rings. The topological polar surface area (TPSA) is 108 Å². The molecule has 0 saturated carbocycles. The van der Waals surface area contributed by atoms with Crippen LogP contribution in [0, 0.1) is 6.92 Å². The van der Waals surface area contributed by atoms with Crippen LogP contribution >= 0.6 is 0 Å². The van der Waals surface area contributed by atoms with Gasteiger partial charge >= 0.3 is 12.0 Å². The molecule has 3 rings (SSSR count). The molecular weight excluding hydrogens is 458 g/mol. The average molecular weight is 490 g/mol. The number of aryl methyl sites for hydroxylation is 1. The molecule has 8 nitrogen and oxygen atoms in total. The smallest absolute Gasteiger partial charge is 0.326 e. The van der Waals surface area contributed by atoms with Gasteiger partial charge in [-0.25, -0.2) is 4.79 Å². The van der Waals surface area contributed by atoms with Crippen molar-refractivity contribution in [3.05, 3.63) is 83.4 Å². The predicted octanol–water partition coefficient (Wildman–Crippen LogP) is 5.43. The van der Waals surface area contributed by atoms with Crippen molar-refractivity contribution < 1.29 is 24.2 Å². The minimum absolute atomic E-state index is 0.0478. The first-order valence-corrected chi connectivity index (χ1v) is 11.6. The highest BCUT2D eigenvalue weighted by atomic mass is 16.5. The van der Waals surface area contributed by atoms with Crippen LogP contribution in [0.2, 0.25) is 0 Å². The third kappa shape index (κ3) is 6.85. The Balaban J connectivity index is 1.62. The maximum atomic E-state index is 12.8. The van der Waals surface area contributed by atoms with Crippen LogP contribution < -0.4 is 20.3 Å². The third-order valence-corrected chi connectivity index (χ3v) is 5.90. The molecule has 188 valence electrons. The van der Waals surface area contributed by atoms with Crippen LogP contribution in [0.25, 0.3) is 0 Å². The summed E-state index contributed by atoms with van der Waals surface area (Å²) in [5.74, 6) is -0.725. The highest BCUT2D eigenvalue weighted by Gasteiger charge is 2.16. The first-order valence-electron chi connectivity index (χ1n) is 11.6. The van der Waals surface area contributed by atoms with Crippen LogP contribution in [0.4, 0.5) is 21.9 Å². The number of urea groups is 1. The van der Waals surface area contributed by atoms with E-state index < -0.39 is 5.97 Å². The lowest BCUT2D eigenvalue weighted by atomic mass is 9.98. The molecule has 0 spiro atoms. The van der Waals surface area contributed by atoms with Crippen molar-refractivity contribution >= 4 is 35.0 Å². The molecule has 1 atom stereocenters. The quantitative estimate of drug-likeness (QED) is 0.371. The second-order valence-electron chi connectivity index (χ2n) is 8.66. The van der Waals surface area contributed by atoms with E-state index >= 15 is 0 Å². The minimum Gasteiger partial charge on any atom is -0.495 e. The number of carbonyl (C=O) groups excluding carboxylic acids is 2. The summed E-state index contributed by atoms with van der Waals surface area (Å²) in [6.45, 7) is 3.79. The van der Waals surface area contributed by atoms with E-state index in [1.54, 1.807) is 37.4 Å². The zero-order chi connectivity index (χ0) is 26.2. The van der Waals surface area contributed by atoms with Gasteiger partial charge in [0.25, 0.3) is 0 Å². The molecule has 3 aromatic carbocycles. The molecule has 8 heteroatoms. The van der Waals surface area contributed by atoms with Gasteiger partial charge in [-0.1, -0.05) is 43.3 Å². The molecule has 0 heterocycles. The number of anilines is 3. The normalized spacial score (nSPS) is 11.3. The van der Waals surface area contributed by atoms with Gasteiger partial charge in [0.2, 0.25) is 5.91 Å². The van der Waals surface area contributed by atoms with Gasteiger partial charge in [-0.05, 0) is 59.9 Å². The lowest BCUT2D eigenvalue weighted by Gasteiger charge is -2.21. The molecule has 0 aliphatic heterocycles. The van der Waals surface area contributed by atoms with E-state index in [9.17, 15) is 14.4 Å². The molecule has 0 aromatic heterocycles. The number of nitrogens with one attached hydrogen (secondary N) is 2. The van der Waals surface area contributed by atoms with Gasteiger partial charge in [-0.15, -0.1) is 0 Å². The SMILES string of the molecule is COc1cc(CC(=O)Nc2ccc(C(C)CC(=O)O)cc2)ccc1NC(=O)N(C)c1ccccc1C. The lowest BCUT2D eigenvalue weighted by molar-refractivity contribution is -0.137. The van der Waals surface area contributed by atoms with Crippen molar-refractivity contribution in [2.24, 2.45) is 0 Å². The number of carbonyl (C=O) groups is 3. The van der Waals surface area contributed by atoms with Gasteiger partial charge in [0.05, 0.1) is 25.6 Å². The number of methoxy groups -OCH3 is 1. The summed E-state index contributed by atoms with van der Waals surface area (Å²) < 4.78 is 5.45. The summed E-state index contributed by atoms with van der Waals surface area (Å²) in [7, 11) is 3.20. The maximum Gasteiger partial charge on any atom is 0.326 e. The number of aliphatic carboxylic acids is 1. The van der Waals surface area contributed by atoms with E-state index in [0.29, 0.717) is 17.1 Å². The highest BCUT2D eigenvalue weighted by molar-refractivity contribution is 6.02. The fourth-order valence-corrected chi connectivity index (χ4v) is 3.86. The van der Waals surface area contributed by atoms with Crippen molar-refractivity contribution in [3.63, 3.8) is 0 Å². The predicted molar refractivity (Wildman–Crippen MR) is 141 cm³/mol. The Morgan fingerprint density at radius 3 is 2.33 bits per heavy atom. The fraction of sp³-hybridized carbons (Fsp3) is 0.250. The fourth-order valence-electron chi connectivity index (χ4n) is 3.86. The second kappa shape index (κ2) is 11.9.